The molecule has 0 aliphatic rings. The summed E-state index contributed by atoms with van der Waals surface area (Å²) in [7, 11) is 1.61. The maximum absolute atomic E-state index is 12.9. The molecule has 1 atom stereocenters. The SMILES string of the molecule is COc1ccc(CN(C(=O)OC(C)(C)C)C(CCO)c2ccco2)cc1. The van der Waals surface area contributed by atoms with Gasteiger partial charge in [-0.15, -0.1) is 0 Å². The number of methoxy groups -OCH3 is 1. The van der Waals surface area contributed by atoms with Crippen molar-refractivity contribution in [1.29, 1.82) is 0 Å². The monoisotopic (exact) mass is 361 g/mol. The van der Waals surface area contributed by atoms with Gasteiger partial charge in [0.05, 0.1) is 19.4 Å². The predicted molar refractivity (Wildman–Crippen MR) is 97.9 cm³/mol. The first-order valence-electron chi connectivity index (χ1n) is 8.61. The van der Waals surface area contributed by atoms with E-state index in [1.54, 1.807) is 30.4 Å². The number of rotatable bonds is 7. The Morgan fingerprint density at radius 2 is 1.92 bits per heavy atom. The summed E-state index contributed by atoms with van der Waals surface area (Å²) < 4.78 is 16.3. The van der Waals surface area contributed by atoms with Gasteiger partial charge >= 0.3 is 6.09 Å². The highest BCUT2D eigenvalue weighted by molar-refractivity contribution is 5.68. The normalized spacial score (nSPS) is 12.5. The Balaban J connectivity index is 2.31. The van der Waals surface area contributed by atoms with E-state index in [4.69, 9.17) is 13.9 Å². The third-order valence-electron chi connectivity index (χ3n) is 3.79. The van der Waals surface area contributed by atoms with Gasteiger partial charge in [0.25, 0.3) is 0 Å². The number of carbonyl (C=O) groups excluding carboxylic acids is 1. The molecular weight excluding hydrogens is 334 g/mol. The van der Waals surface area contributed by atoms with E-state index in [1.165, 1.54) is 0 Å². The fourth-order valence-corrected chi connectivity index (χ4v) is 2.61. The standard InChI is InChI=1S/C20H27NO5/c1-20(2,3)26-19(23)21(14-15-7-9-16(24-4)10-8-15)17(11-12-22)18-6-5-13-25-18/h5-10,13,17,22H,11-12,14H2,1-4H3. The fraction of sp³-hybridized carbons (Fsp3) is 0.450. The van der Waals surface area contributed by atoms with Crippen LogP contribution in [0.3, 0.4) is 0 Å². The van der Waals surface area contributed by atoms with Crippen molar-refractivity contribution in [2.24, 2.45) is 0 Å². The molecule has 0 aliphatic heterocycles. The van der Waals surface area contributed by atoms with Gasteiger partial charge in [-0.2, -0.15) is 0 Å². The van der Waals surface area contributed by atoms with Gasteiger partial charge in [0.15, 0.2) is 0 Å². The Morgan fingerprint density at radius 1 is 1.23 bits per heavy atom. The highest BCUT2D eigenvalue weighted by atomic mass is 16.6. The molecule has 6 heteroatoms. The van der Waals surface area contributed by atoms with Crippen LogP contribution < -0.4 is 4.74 Å². The van der Waals surface area contributed by atoms with Crippen molar-refractivity contribution in [3.63, 3.8) is 0 Å². The molecule has 6 nitrogen and oxygen atoms in total. The van der Waals surface area contributed by atoms with E-state index in [-0.39, 0.29) is 6.61 Å². The van der Waals surface area contributed by atoms with Crippen molar-refractivity contribution < 1.29 is 23.8 Å². The Kier molecular flexibility index (Phi) is 6.69. The number of hydrogen-bond acceptors (Lipinski definition) is 5. The van der Waals surface area contributed by atoms with Crippen LogP contribution in [0.25, 0.3) is 0 Å². The number of nitrogens with zero attached hydrogens (tertiary/aromatic N) is 1. The molecule has 1 unspecified atom stereocenters. The molecule has 1 heterocycles. The van der Waals surface area contributed by atoms with Crippen LogP contribution in [0.1, 0.15) is 44.6 Å². The topological polar surface area (TPSA) is 72.1 Å². The zero-order chi connectivity index (χ0) is 19.2. The average Bonchev–Trinajstić information content (AvgIpc) is 3.11. The molecule has 0 fully saturated rings. The number of ether oxygens (including phenoxy) is 2. The lowest BCUT2D eigenvalue weighted by Crippen LogP contribution is -2.39. The smallest absolute Gasteiger partial charge is 0.411 e. The number of aliphatic hydroxyl groups excluding tert-OH is 1. The third-order valence-corrected chi connectivity index (χ3v) is 3.79. The summed E-state index contributed by atoms with van der Waals surface area (Å²) in [4.78, 5) is 14.4. The Bertz CT molecular complexity index is 673. The third kappa shape index (κ3) is 5.52. The molecule has 0 spiro atoms. The number of benzene rings is 1. The molecule has 0 saturated heterocycles. The fourth-order valence-electron chi connectivity index (χ4n) is 2.61. The van der Waals surface area contributed by atoms with Gasteiger partial charge in [-0.05, 0) is 57.0 Å². The molecule has 0 radical (unpaired) electrons. The van der Waals surface area contributed by atoms with E-state index < -0.39 is 17.7 Å². The number of amides is 1. The maximum atomic E-state index is 12.9. The summed E-state index contributed by atoms with van der Waals surface area (Å²) in [6, 6.07) is 10.6. The van der Waals surface area contributed by atoms with Gasteiger partial charge in [0.1, 0.15) is 17.1 Å². The quantitative estimate of drug-likeness (QED) is 0.802. The minimum Gasteiger partial charge on any atom is -0.497 e. The van der Waals surface area contributed by atoms with Crippen molar-refractivity contribution in [3.05, 3.63) is 54.0 Å². The van der Waals surface area contributed by atoms with Gasteiger partial charge in [0, 0.05) is 13.2 Å². The number of hydrogen-bond donors (Lipinski definition) is 1. The van der Waals surface area contributed by atoms with Crippen molar-refractivity contribution in [1.82, 2.24) is 4.90 Å². The zero-order valence-corrected chi connectivity index (χ0v) is 15.8. The lowest BCUT2D eigenvalue weighted by atomic mass is 10.1. The molecule has 0 saturated carbocycles. The molecule has 142 valence electrons. The molecule has 26 heavy (non-hydrogen) atoms. The average molecular weight is 361 g/mol. The first-order valence-corrected chi connectivity index (χ1v) is 8.61. The van der Waals surface area contributed by atoms with Crippen LogP contribution in [0.4, 0.5) is 4.79 Å². The molecule has 1 amide bonds. The minimum absolute atomic E-state index is 0.0761. The highest BCUT2D eigenvalue weighted by Gasteiger charge is 2.30. The van der Waals surface area contributed by atoms with E-state index in [2.05, 4.69) is 0 Å². The van der Waals surface area contributed by atoms with Crippen LogP contribution in [0.2, 0.25) is 0 Å². The van der Waals surface area contributed by atoms with Crippen LogP contribution >= 0.6 is 0 Å². The first-order chi connectivity index (χ1) is 12.3. The predicted octanol–water partition coefficient (Wildman–Crippen LogP) is 4.15. The molecular formula is C20H27NO5. The summed E-state index contributed by atoms with van der Waals surface area (Å²) in [5.74, 6) is 1.36. The Hall–Kier alpha value is -2.47. The van der Waals surface area contributed by atoms with Gasteiger partial charge in [-0.3, -0.25) is 4.90 Å². The van der Waals surface area contributed by atoms with Gasteiger partial charge in [-0.1, -0.05) is 12.1 Å². The summed E-state index contributed by atoms with van der Waals surface area (Å²) in [5, 5.41) is 9.50. The van der Waals surface area contributed by atoms with Crippen molar-refractivity contribution in [2.45, 2.75) is 45.4 Å². The highest BCUT2D eigenvalue weighted by Crippen LogP contribution is 2.29. The maximum Gasteiger partial charge on any atom is 0.411 e. The number of aliphatic hydroxyl groups is 1. The van der Waals surface area contributed by atoms with Crippen molar-refractivity contribution >= 4 is 6.09 Å². The Labute approximate surface area is 154 Å². The van der Waals surface area contributed by atoms with Gasteiger partial charge < -0.3 is 19.0 Å². The molecule has 1 aromatic heterocycles. The lowest BCUT2D eigenvalue weighted by Gasteiger charge is -2.32. The van der Waals surface area contributed by atoms with Crippen LogP contribution in [0.5, 0.6) is 5.75 Å². The van der Waals surface area contributed by atoms with E-state index in [0.29, 0.717) is 18.7 Å². The summed E-state index contributed by atoms with van der Waals surface area (Å²) in [6.45, 7) is 5.72. The summed E-state index contributed by atoms with van der Waals surface area (Å²) in [5.41, 5.74) is 0.300. The summed E-state index contributed by atoms with van der Waals surface area (Å²) in [6.07, 6.45) is 1.45. The van der Waals surface area contributed by atoms with E-state index in [1.807, 2.05) is 45.0 Å². The minimum atomic E-state index is -0.623. The molecule has 2 rings (SSSR count). The molecule has 2 aromatic rings. The van der Waals surface area contributed by atoms with Crippen molar-refractivity contribution in [2.75, 3.05) is 13.7 Å². The molecule has 1 aromatic carbocycles. The Morgan fingerprint density at radius 3 is 2.42 bits per heavy atom. The second-order valence-corrected chi connectivity index (χ2v) is 7.00. The van der Waals surface area contributed by atoms with Crippen LogP contribution in [-0.4, -0.2) is 35.4 Å². The second-order valence-electron chi connectivity index (χ2n) is 7.00. The van der Waals surface area contributed by atoms with E-state index in [9.17, 15) is 9.90 Å². The van der Waals surface area contributed by atoms with Crippen LogP contribution in [0.15, 0.2) is 47.1 Å². The second kappa shape index (κ2) is 8.76. The lowest BCUT2D eigenvalue weighted by molar-refractivity contribution is 0.00848. The zero-order valence-electron chi connectivity index (χ0n) is 15.8. The van der Waals surface area contributed by atoms with E-state index in [0.717, 1.165) is 11.3 Å². The summed E-state index contributed by atoms with van der Waals surface area (Å²) >= 11 is 0. The van der Waals surface area contributed by atoms with Gasteiger partial charge in [-0.25, -0.2) is 4.79 Å². The largest absolute Gasteiger partial charge is 0.497 e. The van der Waals surface area contributed by atoms with Crippen molar-refractivity contribution in [3.8, 4) is 5.75 Å². The van der Waals surface area contributed by atoms with Crippen LogP contribution in [0, 0.1) is 0 Å². The number of furan rings is 1. The van der Waals surface area contributed by atoms with Crippen LogP contribution in [-0.2, 0) is 11.3 Å². The number of carbonyl (C=O) groups is 1. The van der Waals surface area contributed by atoms with E-state index >= 15 is 0 Å². The van der Waals surface area contributed by atoms with Gasteiger partial charge in [0.2, 0.25) is 0 Å². The molecule has 0 aliphatic carbocycles. The molecule has 0 bridgehead atoms. The molecule has 1 N–H and O–H groups in total. The first kappa shape index (κ1) is 19.8.